The molecular formula is C48H41N9O9. The first kappa shape index (κ1) is 41.1. The van der Waals surface area contributed by atoms with Crippen molar-refractivity contribution in [2.24, 2.45) is 0 Å². The zero-order valence-corrected chi connectivity index (χ0v) is 35.5. The summed E-state index contributed by atoms with van der Waals surface area (Å²) in [5.41, 5.74) is 6.65. The van der Waals surface area contributed by atoms with Crippen LogP contribution in [0, 0.1) is 0 Å². The minimum atomic E-state index is -0.664. The summed E-state index contributed by atoms with van der Waals surface area (Å²) in [4.78, 5) is 70.1. The van der Waals surface area contributed by atoms with Crippen molar-refractivity contribution in [1.29, 1.82) is 0 Å². The van der Waals surface area contributed by atoms with Crippen LogP contribution in [0.25, 0.3) is 66.4 Å². The molecule has 0 radical (unpaired) electrons. The third-order valence-electron chi connectivity index (χ3n) is 12.0. The molecule has 0 aromatic carbocycles. The van der Waals surface area contributed by atoms with Gasteiger partial charge in [-0.25, -0.2) is 29.5 Å². The van der Waals surface area contributed by atoms with Crippen molar-refractivity contribution in [3.8, 4) is 0 Å². The minimum absolute atomic E-state index is 0.240. The smallest absolute Gasteiger partial charge is 0.347 e. The molecule has 18 nitrogen and oxygen atoms in total. The van der Waals surface area contributed by atoms with E-state index in [1.807, 2.05) is 91.6 Å². The number of esters is 2. The molecule has 0 unspecified atom stereocenters. The van der Waals surface area contributed by atoms with E-state index in [4.69, 9.17) is 23.7 Å². The number of amides is 2. The van der Waals surface area contributed by atoms with Gasteiger partial charge < -0.3 is 42.0 Å². The predicted molar refractivity (Wildman–Crippen MR) is 240 cm³/mol. The summed E-state index contributed by atoms with van der Waals surface area (Å²) in [5.74, 6) is -2.15. The summed E-state index contributed by atoms with van der Waals surface area (Å²) in [6, 6.07) is 14.9. The van der Waals surface area contributed by atoms with E-state index in [0.29, 0.717) is 124 Å². The van der Waals surface area contributed by atoms with Crippen molar-refractivity contribution < 1.29 is 42.9 Å². The molecule has 2 amide bonds. The number of aromatic nitrogens is 8. The van der Waals surface area contributed by atoms with Crippen LogP contribution in [0.5, 0.6) is 0 Å². The molecule has 1 N–H and O–H groups in total. The maximum absolute atomic E-state index is 13.1. The van der Waals surface area contributed by atoms with Crippen molar-refractivity contribution in [3.63, 3.8) is 0 Å². The van der Waals surface area contributed by atoms with E-state index in [-0.39, 0.29) is 11.1 Å². The van der Waals surface area contributed by atoms with Gasteiger partial charge in [-0.3, -0.25) is 14.9 Å². The number of cyclic esters (lactones) is 2. The summed E-state index contributed by atoms with van der Waals surface area (Å²) in [5, 5.41) is 5.66. The zero-order valence-electron chi connectivity index (χ0n) is 35.5. The Hall–Kier alpha value is -7.64. The fourth-order valence-corrected chi connectivity index (χ4v) is 9.11. The average Bonchev–Trinajstić information content (AvgIpc) is 4.17. The van der Waals surface area contributed by atoms with Crippen LogP contribution in [0.15, 0.2) is 98.1 Å². The van der Waals surface area contributed by atoms with Crippen LogP contribution in [0.1, 0.15) is 22.3 Å². The number of carbonyl (C=O) groups is 4. The quantitative estimate of drug-likeness (QED) is 0.128. The molecule has 18 heteroatoms. The van der Waals surface area contributed by atoms with Gasteiger partial charge in [0, 0.05) is 120 Å². The number of imide groups is 1. The van der Waals surface area contributed by atoms with Crippen molar-refractivity contribution in [2.45, 2.75) is 26.2 Å². The first-order valence-electron chi connectivity index (χ1n) is 21.6. The van der Waals surface area contributed by atoms with Crippen LogP contribution in [0.4, 0.5) is 0 Å². The van der Waals surface area contributed by atoms with E-state index in [0.717, 1.165) is 32.8 Å². The number of pyridine rings is 4. The SMILES string of the molecule is O=C1NC(=O)C2=C1c1cn(c3ncccc13)CCOCCOCCn1cc2c2cccnc21.O=C1OC(=O)C2=C1c1cn(c3ncccc13)CCOCCOCCn1cc2c2cccnc21. The molecule has 8 aromatic heterocycles. The fourth-order valence-electron chi connectivity index (χ4n) is 9.11. The van der Waals surface area contributed by atoms with E-state index in [9.17, 15) is 19.2 Å². The molecule has 0 spiro atoms. The first-order valence-corrected chi connectivity index (χ1v) is 21.6. The van der Waals surface area contributed by atoms with Crippen LogP contribution in [0.3, 0.4) is 0 Å². The zero-order chi connectivity index (χ0) is 44.7. The molecule has 4 aliphatic rings. The van der Waals surface area contributed by atoms with Gasteiger partial charge in [0.25, 0.3) is 11.8 Å². The highest BCUT2D eigenvalue weighted by Crippen LogP contribution is 2.41. The lowest BCUT2D eigenvalue weighted by Crippen LogP contribution is -2.22. The Balaban J connectivity index is 0.000000146. The fraction of sp³-hybridized carbons (Fsp3) is 0.250. The van der Waals surface area contributed by atoms with Gasteiger partial charge in [-0.05, 0) is 48.5 Å². The third-order valence-corrected chi connectivity index (χ3v) is 12.0. The summed E-state index contributed by atoms with van der Waals surface area (Å²) in [6.07, 6.45) is 14.3. The summed E-state index contributed by atoms with van der Waals surface area (Å²) in [6.45, 7) is 6.03. The Kier molecular flexibility index (Phi) is 10.8. The van der Waals surface area contributed by atoms with Gasteiger partial charge in [0.05, 0.1) is 75.1 Å². The van der Waals surface area contributed by atoms with Crippen molar-refractivity contribution in [3.05, 3.63) is 120 Å². The summed E-state index contributed by atoms with van der Waals surface area (Å²) >= 11 is 0. The van der Waals surface area contributed by atoms with Gasteiger partial charge in [-0.1, -0.05) is 0 Å². The Bertz CT molecular complexity index is 2900. The van der Waals surface area contributed by atoms with E-state index < -0.39 is 23.8 Å². The Labute approximate surface area is 375 Å². The Morgan fingerprint density at radius 1 is 0.394 bits per heavy atom. The molecular weight excluding hydrogens is 847 g/mol. The van der Waals surface area contributed by atoms with E-state index >= 15 is 0 Å². The minimum Gasteiger partial charge on any atom is -0.386 e. The molecule has 0 fully saturated rings. The summed E-state index contributed by atoms with van der Waals surface area (Å²) in [7, 11) is 0. The molecule has 12 rings (SSSR count). The molecule has 8 aromatic rings. The first-order chi connectivity index (χ1) is 32.4. The maximum Gasteiger partial charge on any atom is 0.347 e. The van der Waals surface area contributed by atoms with Crippen LogP contribution < -0.4 is 5.32 Å². The normalized spacial score (nSPS) is 17.6. The number of ether oxygens (including phenoxy) is 5. The van der Waals surface area contributed by atoms with E-state index in [1.54, 1.807) is 24.8 Å². The second-order valence-electron chi connectivity index (χ2n) is 15.9. The Morgan fingerprint density at radius 2 is 0.682 bits per heavy atom. The highest BCUT2D eigenvalue weighted by atomic mass is 16.6. The number of nitrogens with zero attached hydrogens (tertiary/aromatic N) is 8. The van der Waals surface area contributed by atoms with Crippen LogP contribution in [0.2, 0.25) is 0 Å². The van der Waals surface area contributed by atoms with E-state index in [2.05, 4.69) is 25.3 Å². The number of rotatable bonds is 0. The van der Waals surface area contributed by atoms with Gasteiger partial charge in [0.1, 0.15) is 22.6 Å². The van der Waals surface area contributed by atoms with E-state index in [1.165, 1.54) is 0 Å². The van der Waals surface area contributed by atoms with Crippen LogP contribution >= 0.6 is 0 Å². The molecule has 0 saturated heterocycles. The lowest BCUT2D eigenvalue weighted by Gasteiger charge is -2.08. The molecule has 332 valence electrons. The Morgan fingerprint density at radius 3 is 0.985 bits per heavy atom. The molecule has 0 aliphatic carbocycles. The summed E-state index contributed by atoms with van der Waals surface area (Å²) < 4.78 is 35.8. The molecule has 66 heavy (non-hydrogen) atoms. The van der Waals surface area contributed by atoms with Gasteiger partial charge >= 0.3 is 11.9 Å². The predicted octanol–water partition coefficient (Wildman–Crippen LogP) is 4.43. The number of hydrogen-bond donors (Lipinski definition) is 1. The van der Waals surface area contributed by atoms with Crippen molar-refractivity contribution in [2.75, 3.05) is 52.9 Å². The maximum atomic E-state index is 13.1. The lowest BCUT2D eigenvalue weighted by atomic mass is 9.96. The molecule has 12 heterocycles. The number of nitrogens with one attached hydrogen (secondary N) is 1. The van der Waals surface area contributed by atoms with Crippen molar-refractivity contribution in [1.82, 2.24) is 43.5 Å². The largest absolute Gasteiger partial charge is 0.386 e. The number of hydrogen-bond acceptors (Lipinski definition) is 13. The van der Waals surface area contributed by atoms with Crippen LogP contribution in [-0.2, 0) is 69.0 Å². The monoisotopic (exact) mass is 887 g/mol. The van der Waals surface area contributed by atoms with Gasteiger partial charge in [0.15, 0.2) is 0 Å². The topological polar surface area (TPSA) is 198 Å². The highest BCUT2D eigenvalue weighted by Gasteiger charge is 2.39. The van der Waals surface area contributed by atoms with Gasteiger partial charge in [-0.2, -0.15) is 0 Å². The van der Waals surface area contributed by atoms with Crippen LogP contribution in [-0.4, -0.2) is 115 Å². The number of carbonyl (C=O) groups excluding carboxylic acids is 4. The van der Waals surface area contributed by atoms with Crippen molar-refractivity contribution >= 4 is 90.2 Å². The molecule has 0 saturated carbocycles. The van der Waals surface area contributed by atoms with Gasteiger partial charge in [-0.15, -0.1) is 0 Å². The molecule has 0 atom stereocenters. The second-order valence-corrected chi connectivity index (χ2v) is 15.9. The number of fused-ring (bicyclic) bond motifs is 24. The highest BCUT2D eigenvalue weighted by molar-refractivity contribution is 6.51. The lowest BCUT2D eigenvalue weighted by molar-refractivity contribution is -0.149. The standard InChI is InChI=1S/C24H21N5O4.C24H20N4O5/c30-23-19-17-13-28(21-15(17)3-1-5-25-21)7-9-32-11-12-33-10-8-29-14-18(20(19)24(31)27-23)16-4-2-6-26-22(16)29;29-23-19-17-13-27(21-15(17)3-1-5-25-21)7-9-31-11-12-32-10-8-28-14-18(20(19)24(30)33-23)16-4-2-6-26-22(16)28/h1-6,13-14H,7-12H2,(H,27,30,31);1-6,13-14H,7-12H2. The molecule has 4 aliphatic heterocycles. The third kappa shape index (κ3) is 7.25. The average molecular weight is 888 g/mol. The molecule has 8 bridgehead atoms. The second kappa shape index (κ2) is 17.4. The van der Waals surface area contributed by atoms with Gasteiger partial charge in [0.2, 0.25) is 0 Å².